The van der Waals surface area contributed by atoms with Crippen molar-refractivity contribution in [2.45, 2.75) is 39.7 Å². The number of anilines is 1. The highest BCUT2D eigenvalue weighted by atomic mass is 15.1. The van der Waals surface area contributed by atoms with Crippen molar-refractivity contribution >= 4 is 16.7 Å². The number of benzene rings is 2. The third-order valence-corrected chi connectivity index (χ3v) is 4.10. The summed E-state index contributed by atoms with van der Waals surface area (Å²) < 4.78 is 2.24. The average Bonchev–Trinajstić information content (AvgIpc) is 2.84. The van der Waals surface area contributed by atoms with E-state index >= 15 is 0 Å². The molecule has 1 heterocycles. The maximum Gasteiger partial charge on any atom is 0.141 e. The maximum absolute atomic E-state index is 5.88. The van der Waals surface area contributed by atoms with Crippen LogP contribution in [-0.4, -0.2) is 9.55 Å². The van der Waals surface area contributed by atoms with E-state index in [-0.39, 0.29) is 5.41 Å². The van der Waals surface area contributed by atoms with Crippen molar-refractivity contribution < 1.29 is 0 Å². The molecule has 0 radical (unpaired) electrons. The number of nitrogen functional groups attached to an aromatic ring is 1. The van der Waals surface area contributed by atoms with Crippen LogP contribution in [0.1, 0.15) is 33.3 Å². The molecule has 3 rings (SSSR count). The highest BCUT2D eigenvalue weighted by Gasteiger charge is 2.15. The number of nitrogens with zero attached hydrogens (tertiary/aromatic N) is 2. The summed E-state index contributed by atoms with van der Waals surface area (Å²) in [5.74, 6) is 1.00. The summed E-state index contributed by atoms with van der Waals surface area (Å²) in [5, 5.41) is 0. The molecule has 2 aromatic carbocycles. The Hall–Kier alpha value is -2.29. The Morgan fingerprint density at radius 2 is 1.73 bits per heavy atom. The number of aryl methyl sites for hydroxylation is 1. The number of rotatable bonds is 2. The molecule has 0 aliphatic carbocycles. The van der Waals surface area contributed by atoms with E-state index in [0.29, 0.717) is 0 Å². The van der Waals surface area contributed by atoms with Crippen molar-refractivity contribution in [1.29, 1.82) is 0 Å². The van der Waals surface area contributed by atoms with Gasteiger partial charge in [0.25, 0.3) is 0 Å². The quantitative estimate of drug-likeness (QED) is 0.702. The zero-order chi connectivity index (χ0) is 15.9. The van der Waals surface area contributed by atoms with Gasteiger partial charge < -0.3 is 10.3 Å². The molecule has 0 aliphatic rings. The number of fused-ring (bicyclic) bond motifs is 1. The molecular weight excluding hydrogens is 270 g/mol. The van der Waals surface area contributed by atoms with Gasteiger partial charge in [0.15, 0.2) is 0 Å². The molecule has 0 saturated heterocycles. The lowest BCUT2D eigenvalue weighted by molar-refractivity contribution is 0.590. The Kier molecular flexibility index (Phi) is 3.44. The first-order chi connectivity index (χ1) is 10.4. The second-order valence-electron chi connectivity index (χ2n) is 6.76. The molecule has 1 aromatic heterocycles. The maximum atomic E-state index is 5.88. The zero-order valence-corrected chi connectivity index (χ0v) is 13.7. The van der Waals surface area contributed by atoms with Crippen molar-refractivity contribution in [2.75, 3.05) is 5.73 Å². The molecule has 0 amide bonds. The highest BCUT2D eigenvalue weighted by molar-refractivity contribution is 5.83. The number of hydrogen-bond acceptors (Lipinski definition) is 2. The van der Waals surface area contributed by atoms with E-state index in [4.69, 9.17) is 10.7 Å². The number of aromatic nitrogens is 2. The normalized spacial score (nSPS) is 12.0. The first kappa shape index (κ1) is 14.6. The Labute approximate surface area is 131 Å². The first-order valence-electron chi connectivity index (χ1n) is 7.77. The van der Waals surface area contributed by atoms with Crippen LogP contribution in [0.4, 0.5) is 5.69 Å². The Morgan fingerprint density at radius 1 is 1.05 bits per heavy atom. The summed E-state index contributed by atoms with van der Waals surface area (Å²) in [6, 6.07) is 14.6. The van der Waals surface area contributed by atoms with Gasteiger partial charge in [-0.15, -0.1) is 0 Å². The molecule has 2 N–H and O–H groups in total. The van der Waals surface area contributed by atoms with Gasteiger partial charge in [-0.25, -0.2) is 4.98 Å². The lowest BCUT2D eigenvalue weighted by Crippen LogP contribution is -2.10. The van der Waals surface area contributed by atoms with Crippen LogP contribution in [-0.2, 0) is 12.0 Å². The van der Waals surface area contributed by atoms with E-state index in [9.17, 15) is 0 Å². The molecule has 0 fully saturated rings. The standard InChI is InChI=1S/C19H23N3/c1-5-22-17-11-10-15(20)12-16(17)21-18(22)13-6-8-14(9-7-13)19(2,3)4/h6-12H,5,20H2,1-4H3. The molecule has 0 saturated carbocycles. The predicted octanol–water partition coefficient (Wildman–Crippen LogP) is 4.60. The molecule has 3 heteroatoms. The fraction of sp³-hybridized carbons (Fsp3) is 0.316. The molecular formula is C19H23N3. The van der Waals surface area contributed by atoms with Gasteiger partial charge in [-0.1, -0.05) is 45.0 Å². The van der Waals surface area contributed by atoms with Gasteiger partial charge in [0.2, 0.25) is 0 Å². The van der Waals surface area contributed by atoms with Gasteiger partial charge in [0, 0.05) is 17.8 Å². The lowest BCUT2D eigenvalue weighted by Gasteiger charge is -2.19. The summed E-state index contributed by atoms with van der Waals surface area (Å²) in [6.45, 7) is 9.71. The van der Waals surface area contributed by atoms with E-state index in [1.165, 1.54) is 5.56 Å². The van der Waals surface area contributed by atoms with Gasteiger partial charge >= 0.3 is 0 Å². The fourth-order valence-corrected chi connectivity index (χ4v) is 2.81. The van der Waals surface area contributed by atoms with E-state index < -0.39 is 0 Å². The van der Waals surface area contributed by atoms with Crippen LogP contribution in [0.15, 0.2) is 42.5 Å². The molecule has 3 nitrogen and oxygen atoms in total. The number of imidazole rings is 1. The van der Waals surface area contributed by atoms with Crippen LogP contribution >= 0.6 is 0 Å². The third kappa shape index (κ3) is 2.47. The SMILES string of the molecule is CCn1c(-c2ccc(C(C)(C)C)cc2)nc2cc(N)ccc21. The summed E-state index contributed by atoms with van der Waals surface area (Å²) in [5.41, 5.74) is 11.4. The van der Waals surface area contributed by atoms with Crippen LogP contribution in [0.2, 0.25) is 0 Å². The highest BCUT2D eigenvalue weighted by Crippen LogP contribution is 2.28. The Bertz CT molecular complexity index is 805. The van der Waals surface area contributed by atoms with E-state index in [2.05, 4.69) is 56.5 Å². The number of nitrogens with two attached hydrogens (primary N) is 1. The summed E-state index contributed by atoms with van der Waals surface area (Å²) >= 11 is 0. The largest absolute Gasteiger partial charge is 0.399 e. The minimum Gasteiger partial charge on any atom is -0.399 e. The van der Waals surface area contributed by atoms with Crippen LogP contribution in [0, 0.1) is 0 Å². The fourth-order valence-electron chi connectivity index (χ4n) is 2.81. The molecule has 0 spiro atoms. The number of hydrogen-bond donors (Lipinski definition) is 1. The molecule has 3 aromatic rings. The van der Waals surface area contributed by atoms with Crippen LogP contribution in [0.3, 0.4) is 0 Å². The minimum atomic E-state index is 0.165. The van der Waals surface area contributed by atoms with Crippen LogP contribution in [0.25, 0.3) is 22.4 Å². The van der Waals surface area contributed by atoms with E-state index in [1.807, 2.05) is 18.2 Å². The first-order valence-corrected chi connectivity index (χ1v) is 7.77. The van der Waals surface area contributed by atoms with Gasteiger partial charge in [0.1, 0.15) is 5.82 Å². The van der Waals surface area contributed by atoms with Gasteiger partial charge in [0.05, 0.1) is 11.0 Å². The van der Waals surface area contributed by atoms with Crippen LogP contribution in [0.5, 0.6) is 0 Å². The molecule has 0 atom stereocenters. The zero-order valence-electron chi connectivity index (χ0n) is 13.7. The summed E-state index contributed by atoms with van der Waals surface area (Å²) in [6.07, 6.45) is 0. The monoisotopic (exact) mass is 293 g/mol. The lowest BCUT2D eigenvalue weighted by atomic mass is 9.87. The molecule has 0 bridgehead atoms. The molecule has 0 unspecified atom stereocenters. The van der Waals surface area contributed by atoms with E-state index in [0.717, 1.165) is 34.7 Å². The minimum absolute atomic E-state index is 0.165. The second kappa shape index (κ2) is 5.16. The smallest absolute Gasteiger partial charge is 0.141 e. The van der Waals surface area contributed by atoms with Crippen molar-refractivity contribution in [1.82, 2.24) is 9.55 Å². The predicted molar refractivity (Wildman–Crippen MR) is 94.0 cm³/mol. The van der Waals surface area contributed by atoms with Gasteiger partial charge in [-0.05, 0) is 36.1 Å². The summed E-state index contributed by atoms with van der Waals surface area (Å²) in [4.78, 5) is 4.79. The second-order valence-corrected chi connectivity index (χ2v) is 6.76. The third-order valence-electron chi connectivity index (χ3n) is 4.10. The average molecular weight is 293 g/mol. The van der Waals surface area contributed by atoms with Crippen molar-refractivity contribution in [2.24, 2.45) is 0 Å². The van der Waals surface area contributed by atoms with E-state index in [1.54, 1.807) is 0 Å². The van der Waals surface area contributed by atoms with Gasteiger partial charge in [-0.2, -0.15) is 0 Å². The van der Waals surface area contributed by atoms with Crippen molar-refractivity contribution in [3.8, 4) is 11.4 Å². The van der Waals surface area contributed by atoms with Gasteiger partial charge in [-0.3, -0.25) is 0 Å². The Balaban J connectivity index is 2.13. The van der Waals surface area contributed by atoms with Crippen molar-refractivity contribution in [3.05, 3.63) is 48.0 Å². The van der Waals surface area contributed by atoms with Crippen molar-refractivity contribution in [3.63, 3.8) is 0 Å². The molecule has 114 valence electrons. The molecule has 22 heavy (non-hydrogen) atoms. The summed E-state index contributed by atoms with van der Waals surface area (Å²) in [7, 11) is 0. The van der Waals surface area contributed by atoms with Crippen LogP contribution < -0.4 is 5.73 Å². The Morgan fingerprint density at radius 3 is 2.32 bits per heavy atom. The topological polar surface area (TPSA) is 43.8 Å². The molecule has 0 aliphatic heterocycles.